The third-order valence-corrected chi connectivity index (χ3v) is 3.00. The summed E-state index contributed by atoms with van der Waals surface area (Å²) in [6, 6.07) is 1.66. The Bertz CT molecular complexity index is 493. The van der Waals surface area contributed by atoms with E-state index in [2.05, 4.69) is 10.5 Å². The topological polar surface area (TPSA) is 81.4 Å². The number of nitrogens with one attached hydrogen (secondary N) is 1. The first-order valence-corrected chi connectivity index (χ1v) is 6.20. The number of ether oxygens (including phenoxy) is 1. The molecule has 1 aliphatic rings. The number of allylic oxidation sites excluding steroid dienone is 2. The van der Waals surface area contributed by atoms with E-state index in [9.17, 15) is 9.59 Å². The van der Waals surface area contributed by atoms with Gasteiger partial charge in [-0.3, -0.25) is 9.59 Å². The normalized spacial score (nSPS) is 22.8. The molecule has 0 fully saturated rings. The summed E-state index contributed by atoms with van der Waals surface area (Å²) >= 11 is 0. The Morgan fingerprint density at radius 3 is 3.00 bits per heavy atom. The van der Waals surface area contributed by atoms with Gasteiger partial charge in [0.05, 0.1) is 6.61 Å². The molecule has 6 heteroatoms. The molecule has 1 N–H and O–H groups in total. The van der Waals surface area contributed by atoms with Crippen LogP contribution in [0.1, 0.15) is 20.3 Å². The predicted octanol–water partition coefficient (Wildman–Crippen LogP) is 1.76. The van der Waals surface area contributed by atoms with Crippen LogP contribution in [0.25, 0.3) is 0 Å². The molecule has 19 heavy (non-hydrogen) atoms. The van der Waals surface area contributed by atoms with Crippen LogP contribution < -0.4 is 5.32 Å². The second kappa shape index (κ2) is 5.69. The lowest BCUT2D eigenvalue weighted by Crippen LogP contribution is -2.35. The summed E-state index contributed by atoms with van der Waals surface area (Å²) in [5.74, 6) is -0.950. The van der Waals surface area contributed by atoms with Crippen LogP contribution in [0.2, 0.25) is 0 Å². The average Bonchev–Trinajstić information content (AvgIpc) is 2.81. The molecule has 1 heterocycles. The summed E-state index contributed by atoms with van der Waals surface area (Å²) in [6.45, 7) is 3.86. The van der Waals surface area contributed by atoms with Crippen molar-refractivity contribution in [1.82, 2.24) is 5.16 Å². The quantitative estimate of drug-likeness (QED) is 0.659. The SMILES string of the molecule is CCOC(=O)[C@@H]1C(=O)C=C(Nc2ccon2)C[C@H]1C. The standard InChI is InChI=1S/C13H16N2O4/c1-3-18-13(17)12-8(2)6-9(7-10(12)16)14-11-4-5-19-15-11/h4-5,7-8,12H,3,6H2,1-2H3,(H,14,15)/t8-,12+/m1/s1. The largest absolute Gasteiger partial charge is 0.465 e. The van der Waals surface area contributed by atoms with E-state index in [1.54, 1.807) is 13.0 Å². The van der Waals surface area contributed by atoms with E-state index in [1.165, 1.54) is 12.3 Å². The fourth-order valence-electron chi connectivity index (χ4n) is 2.17. The Kier molecular flexibility index (Phi) is 3.99. The number of hydrogen-bond donors (Lipinski definition) is 1. The number of rotatable bonds is 4. The highest BCUT2D eigenvalue weighted by Crippen LogP contribution is 2.28. The highest BCUT2D eigenvalue weighted by Gasteiger charge is 2.36. The van der Waals surface area contributed by atoms with Crippen LogP contribution in [0.15, 0.2) is 28.6 Å². The minimum Gasteiger partial charge on any atom is -0.465 e. The summed E-state index contributed by atoms with van der Waals surface area (Å²) in [4.78, 5) is 23.7. The molecule has 102 valence electrons. The highest BCUT2D eigenvalue weighted by atomic mass is 16.5. The van der Waals surface area contributed by atoms with Crippen molar-refractivity contribution in [3.05, 3.63) is 24.1 Å². The van der Waals surface area contributed by atoms with Crippen LogP contribution in [0.5, 0.6) is 0 Å². The first kappa shape index (κ1) is 13.3. The number of carbonyl (C=O) groups is 2. The van der Waals surface area contributed by atoms with Crippen molar-refractivity contribution in [2.45, 2.75) is 20.3 Å². The Balaban J connectivity index is 2.09. The summed E-state index contributed by atoms with van der Waals surface area (Å²) in [6.07, 6.45) is 3.47. The monoisotopic (exact) mass is 264 g/mol. The van der Waals surface area contributed by atoms with Gasteiger partial charge in [-0.15, -0.1) is 0 Å². The van der Waals surface area contributed by atoms with Crippen LogP contribution in [0.3, 0.4) is 0 Å². The molecule has 6 nitrogen and oxygen atoms in total. The van der Waals surface area contributed by atoms with Crippen LogP contribution in [-0.2, 0) is 14.3 Å². The Morgan fingerprint density at radius 2 is 2.42 bits per heavy atom. The molecule has 1 aromatic heterocycles. The van der Waals surface area contributed by atoms with Crippen molar-refractivity contribution < 1.29 is 18.8 Å². The van der Waals surface area contributed by atoms with Gasteiger partial charge in [0.1, 0.15) is 12.2 Å². The Morgan fingerprint density at radius 1 is 1.63 bits per heavy atom. The molecule has 0 saturated carbocycles. The number of aromatic nitrogens is 1. The van der Waals surface area contributed by atoms with Crippen molar-refractivity contribution in [2.24, 2.45) is 11.8 Å². The van der Waals surface area contributed by atoms with Crippen LogP contribution in [0, 0.1) is 11.8 Å². The number of nitrogens with zero attached hydrogens (tertiary/aromatic N) is 1. The van der Waals surface area contributed by atoms with Gasteiger partial charge in [-0.25, -0.2) is 0 Å². The van der Waals surface area contributed by atoms with E-state index in [-0.39, 0.29) is 18.3 Å². The zero-order valence-corrected chi connectivity index (χ0v) is 10.9. The fourth-order valence-corrected chi connectivity index (χ4v) is 2.17. The van der Waals surface area contributed by atoms with E-state index in [1.807, 2.05) is 6.92 Å². The molecular weight excluding hydrogens is 248 g/mol. The van der Waals surface area contributed by atoms with Gasteiger partial charge in [-0.05, 0) is 19.3 Å². The number of hydrogen-bond acceptors (Lipinski definition) is 6. The maximum absolute atomic E-state index is 12.0. The molecule has 1 aliphatic carbocycles. The molecule has 0 spiro atoms. The zero-order valence-electron chi connectivity index (χ0n) is 10.9. The van der Waals surface area contributed by atoms with Gasteiger partial charge >= 0.3 is 5.97 Å². The van der Waals surface area contributed by atoms with Gasteiger partial charge in [0.15, 0.2) is 11.6 Å². The van der Waals surface area contributed by atoms with E-state index >= 15 is 0 Å². The van der Waals surface area contributed by atoms with Gasteiger partial charge in [0.2, 0.25) is 0 Å². The third kappa shape index (κ3) is 3.01. The van der Waals surface area contributed by atoms with E-state index in [4.69, 9.17) is 9.26 Å². The molecule has 0 radical (unpaired) electrons. The lowest BCUT2D eigenvalue weighted by Gasteiger charge is -2.25. The van der Waals surface area contributed by atoms with Crippen LogP contribution >= 0.6 is 0 Å². The minimum atomic E-state index is -0.706. The van der Waals surface area contributed by atoms with Crippen LogP contribution in [-0.4, -0.2) is 23.5 Å². The Hall–Kier alpha value is -2.11. The predicted molar refractivity (Wildman–Crippen MR) is 67.1 cm³/mol. The number of anilines is 1. The van der Waals surface area contributed by atoms with Gasteiger partial charge in [0, 0.05) is 17.8 Å². The molecule has 0 amide bonds. The molecule has 0 aliphatic heterocycles. The van der Waals surface area contributed by atoms with E-state index in [0.717, 1.165) is 5.70 Å². The average molecular weight is 264 g/mol. The molecule has 0 unspecified atom stereocenters. The first-order chi connectivity index (χ1) is 9.11. The summed E-state index contributed by atoms with van der Waals surface area (Å²) in [7, 11) is 0. The van der Waals surface area contributed by atoms with Gasteiger partial charge in [0.25, 0.3) is 0 Å². The van der Waals surface area contributed by atoms with E-state index in [0.29, 0.717) is 12.2 Å². The van der Waals surface area contributed by atoms with Crippen molar-refractivity contribution in [3.63, 3.8) is 0 Å². The maximum Gasteiger partial charge on any atom is 0.317 e. The smallest absolute Gasteiger partial charge is 0.317 e. The lowest BCUT2D eigenvalue weighted by molar-refractivity contribution is -0.152. The van der Waals surface area contributed by atoms with Gasteiger partial charge in [-0.1, -0.05) is 12.1 Å². The van der Waals surface area contributed by atoms with Crippen LogP contribution in [0.4, 0.5) is 5.82 Å². The number of esters is 1. The highest BCUT2D eigenvalue weighted by molar-refractivity contribution is 6.06. The first-order valence-electron chi connectivity index (χ1n) is 6.20. The number of carbonyl (C=O) groups excluding carboxylic acids is 2. The summed E-state index contributed by atoms with van der Waals surface area (Å²) in [5.41, 5.74) is 0.729. The van der Waals surface area contributed by atoms with Crippen molar-refractivity contribution in [2.75, 3.05) is 11.9 Å². The molecule has 2 rings (SSSR count). The summed E-state index contributed by atoms with van der Waals surface area (Å²) < 4.78 is 9.63. The number of ketones is 1. The Labute approximate surface area is 110 Å². The lowest BCUT2D eigenvalue weighted by atomic mass is 9.82. The van der Waals surface area contributed by atoms with Crippen molar-refractivity contribution in [3.8, 4) is 0 Å². The van der Waals surface area contributed by atoms with Gasteiger partial charge < -0.3 is 14.6 Å². The maximum atomic E-state index is 12.0. The molecular formula is C13H16N2O4. The molecule has 0 bridgehead atoms. The zero-order chi connectivity index (χ0) is 13.8. The van der Waals surface area contributed by atoms with Gasteiger partial charge in [-0.2, -0.15) is 0 Å². The molecule has 1 aromatic rings. The third-order valence-electron chi connectivity index (χ3n) is 3.00. The van der Waals surface area contributed by atoms with E-state index < -0.39 is 11.9 Å². The van der Waals surface area contributed by atoms with Crippen molar-refractivity contribution in [1.29, 1.82) is 0 Å². The van der Waals surface area contributed by atoms with Crippen molar-refractivity contribution >= 4 is 17.6 Å². The second-order valence-electron chi connectivity index (χ2n) is 4.49. The molecule has 2 atom stereocenters. The minimum absolute atomic E-state index is 0.106. The fraction of sp³-hybridized carbons (Fsp3) is 0.462. The molecule has 0 aromatic carbocycles. The molecule has 0 saturated heterocycles. The summed E-state index contributed by atoms with van der Waals surface area (Å²) in [5, 5.41) is 6.71. The second-order valence-corrected chi connectivity index (χ2v) is 4.49.